The molecule has 0 fully saturated rings. The molecule has 5 rings (SSSR count). The number of phenols is 2. The maximum absolute atomic E-state index is 9.83. The molecule has 3 aromatic carbocycles. The molecule has 0 radical (unpaired) electrons. The van der Waals surface area contributed by atoms with Crippen molar-refractivity contribution in [3.8, 4) is 28.4 Å². The van der Waals surface area contributed by atoms with E-state index < -0.39 is 0 Å². The van der Waals surface area contributed by atoms with Crippen molar-refractivity contribution in [2.45, 2.75) is 0 Å². The summed E-state index contributed by atoms with van der Waals surface area (Å²) in [5.74, 6) is 0.407. The molecule has 0 amide bonds. The first-order valence-corrected chi connectivity index (χ1v) is 8.56. The molecular weight excluding hydrogens is 338 g/mol. The lowest BCUT2D eigenvalue weighted by Crippen LogP contribution is -1.97. The van der Waals surface area contributed by atoms with E-state index in [0.717, 1.165) is 38.9 Å². The zero-order valence-corrected chi connectivity index (χ0v) is 14.2. The molecule has 0 spiro atoms. The highest BCUT2D eigenvalue weighted by Crippen LogP contribution is 2.32. The van der Waals surface area contributed by atoms with Gasteiger partial charge in [0.25, 0.3) is 0 Å². The van der Waals surface area contributed by atoms with E-state index in [4.69, 9.17) is 10.1 Å². The van der Waals surface area contributed by atoms with Crippen LogP contribution in [0.1, 0.15) is 0 Å². The topological polar surface area (TPSA) is 71.2 Å². The summed E-state index contributed by atoms with van der Waals surface area (Å²) >= 11 is 0. The largest absolute Gasteiger partial charge is 0.508 e. The van der Waals surface area contributed by atoms with Gasteiger partial charge in [-0.1, -0.05) is 18.2 Å². The molecule has 0 aliphatic rings. The Labute approximate surface area is 154 Å². The van der Waals surface area contributed by atoms with Crippen LogP contribution in [0.25, 0.3) is 38.9 Å². The van der Waals surface area contributed by atoms with Crippen molar-refractivity contribution in [3.63, 3.8) is 0 Å². The van der Waals surface area contributed by atoms with E-state index in [1.165, 1.54) is 0 Å². The highest BCUT2D eigenvalue weighted by molar-refractivity contribution is 5.99. The summed E-state index contributed by atoms with van der Waals surface area (Å²) in [6, 6.07) is 23.9. The zero-order chi connectivity index (χ0) is 18.4. The predicted molar refractivity (Wildman–Crippen MR) is 105 cm³/mol. The quantitative estimate of drug-likeness (QED) is 0.484. The minimum absolute atomic E-state index is 0.199. The highest BCUT2D eigenvalue weighted by Gasteiger charge is 2.16. The summed E-state index contributed by atoms with van der Waals surface area (Å²) in [6.07, 6.45) is 0. The van der Waals surface area contributed by atoms with Gasteiger partial charge in [-0.05, 0) is 60.7 Å². The second-order valence-electron chi connectivity index (χ2n) is 6.38. The molecule has 0 aliphatic heterocycles. The number of hydrogen-bond acceptors (Lipinski definition) is 4. The first kappa shape index (κ1) is 15.4. The fourth-order valence-electron chi connectivity index (χ4n) is 3.27. The summed E-state index contributed by atoms with van der Waals surface area (Å²) in [7, 11) is 0. The summed E-state index contributed by atoms with van der Waals surface area (Å²) < 4.78 is 1.82. The normalized spacial score (nSPS) is 11.3. The SMILES string of the molecule is Oc1ccc(-c2nn(-c3ccccc3)c3nc4ccc(O)cc4cc23)cc1. The van der Waals surface area contributed by atoms with Gasteiger partial charge in [0.2, 0.25) is 0 Å². The molecule has 5 nitrogen and oxygen atoms in total. The summed E-state index contributed by atoms with van der Waals surface area (Å²) in [5.41, 5.74) is 4.09. The average molecular weight is 353 g/mol. The third-order valence-electron chi connectivity index (χ3n) is 4.58. The van der Waals surface area contributed by atoms with Crippen LogP contribution in [0.2, 0.25) is 0 Å². The molecule has 0 aliphatic carbocycles. The van der Waals surface area contributed by atoms with E-state index >= 15 is 0 Å². The zero-order valence-electron chi connectivity index (χ0n) is 14.2. The number of aromatic hydroxyl groups is 2. The standard InChI is InChI=1S/C22H15N3O2/c26-17-8-6-14(7-9-17)21-19-13-15-12-18(27)10-11-20(15)23-22(19)25(24-21)16-4-2-1-3-5-16/h1-13,26-27H. The Bertz CT molecular complexity index is 1280. The molecule has 0 atom stereocenters. The number of phenolic OH excluding ortho intramolecular Hbond substituents is 2. The average Bonchev–Trinajstić information content (AvgIpc) is 3.06. The molecule has 0 bridgehead atoms. The van der Waals surface area contributed by atoms with Crippen molar-refractivity contribution >= 4 is 21.9 Å². The van der Waals surface area contributed by atoms with Gasteiger partial charge in [-0.3, -0.25) is 0 Å². The number of hydrogen-bond donors (Lipinski definition) is 2. The summed E-state index contributed by atoms with van der Waals surface area (Å²) in [4.78, 5) is 4.80. The predicted octanol–water partition coefficient (Wildman–Crippen LogP) is 4.65. The first-order chi connectivity index (χ1) is 13.2. The van der Waals surface area contributed by atoms with Gasteiger partial charge >= 0.3 is 0 Å². The molecule has 0 saturated carbocycles. The van der Waals surface area contributed by atoms with Crippen LogP contribution in [-0.2, 0) is 0 Å². The molecule has 2 heterocycles. The molecular formula is C22H15N3O2. The van der Waals surface area contributed by atoms with Gasteiger partial charge < -0.3 is 10.2 Å². The summed E-state index contributed by atoms with van der Waals surface area (Å²) in [6.45, 7) is 0. The van der Waals surface area contributed by atoms with Gasteiger partial charge in [0.1, 0.15) is 17.2 Å². The van der Waals surface area contributed by atoms with Crippen LogP contribution in [0.4, 0.5) is 0 Å². The Kier molecular flexibility index (Phi) is 3.33. The minimum Gasteiger partial charge on any atom is -0.508 e. The van der Waals surface area contributed by atoms with Gasteiger partial charge in [0, 0.05) is 16.3 Å². The Morgan fingerprint density at radius 2 is 1.48 bits per heavy atom. The fourth-order valence-corrected chi connectivity index (χ4v) is 3.27. The van der Waals surface area contributed by atoms with Crippen molar-refractivity contribution in [1.82, 2.24) is 14.8 Å². The molecule has 5 aromatic rings. The van der Waals surface area contributed by atoms with E-state index in [1.807, 2.05) is 53.2 Å². The lowest BCUT2D eigenvalue weighted by Gasteiger charge is -2.03. The maximum atomic E-state index is 9.83. The maximum Gasteiger partial charge on any atom is 0.164 e. The van der Waals surface area contributed by atoms with Crippen LogP contribution >= 0.6 is 0 Å². The molecule has 130 valence electrons. The van der Waals surface area contributed by atoms with Crippen LogP contribution < -0.4 is 0 Å². The summed E-state index contributed by atoms with van der Waals surface area (Å²) in [5, 5.41) is 26.0. The molecule has 0 unspecified atom stereocenters. The third-order valence-corrected chi connectivity index (χ3v) is 4.58. The van der Waals surface area contributed by atoms with Crippen LogP contribution in [0, 0.1) is 0 Å². The van der Waals surface area contributed by atoms with Crippen LogP contribution in [0.3, 0.4) is 0 Å². The van der Waals surface area contributed by atoms with Crippen molar-refractivity contribution < 1.29 is 10.2 Å². The lowest BCUT2D eigenvalue weighted by atomic mass is 10.1. The molecule has 5 heteroatoms. The number of para-hydroxylation sites is 1. The Hall–Kier alpha value is -3.86. The molecule has 0 saturated heterocycles. The van der Waals surface area contributed by atoms with Crippen molar-refractivity contribution in [2.24, 2.45) is 0 Å². The molecule has 2 N–H and O–H groups in total. The van der Waals surface area contributed by atoms with E-state index in [0.29, 0.717) is 0 Å². The van der Waals surface area contributed by atoms with Crippen molar-refractivity contribution in [1.29, 1.82) is 0 Å². The van der Waals surface area contributed by atoms with Crippen LogP contribution in [-0.4, -0.2) is 25.0 Å². The van der Waals surface area contributed by atoms with Gasteiger partial charge in [-0.15, -0.1) is 0 Å². The Morgan fingerprint density at radius 3 is 2.26 bits per heavy atom. The van der Waals surface area contributed by atoms with Gasteiger partial charge in [-0.25, -0.2) is 9.67 Å². The number of benzene rings is 3. The fraction of sp³-hybridized carbons (Fsp3) is 0. The lowest BCUT2D eigenvalue weighted by molar-refractivity contribution is 0.475. The van der Waals surface area contributed by atoms with E-state index in [9.17, 15) is 10.2 Å². The number of fused-ring (bicyclic) bond motifs is 2. The number of aromatic nitrogens is 3. The van der Waals surface area contributed by atoms with E-state index in [2.05, 4.69) is 0 Å². The minimum atomic E-state index is 0.199. The first-order valence-electron chi connectivity index (χ1n) is 8.56. The molecule has 27 heavy (non-hydrogen) atoms. The Balaban J connectivity index is 1.87. The number of rotatable bonds is 2. The van der Waals surface area contributed by atoms with Gasteiger partial charge in [0.05, 0.1) is 11.2 Å². The van der Waals surface area contributed by atoms with Gasteiger partial charge in [0.15, 0.2) is 5.65 Å². The smallest absolute Gasteiger partial charge is 0.164 e. The van der Waals surface area contributed by atoms with Crippen LogP contribution in [0.5, 0.6) is 11.5 Å². The van der Waals surface area contributed by atoms with Crippen LogP contribution in [0.15, 0.2) is 78.9 Å². The number of nitrogens with zero attached hydrogens (tertiary/aromatic N) is 3. The molecule has 2 aromatic heterocycles. The second kappa shape index (κ2) is 5.85. The second-order valence-corrected chi connectivity index (χ2v) is 6.38. The van der Waals surface area contributed by atoms with Gasteiger partial charge in [-0.2, -0.15) is 5.10 Å². The number of pyridine rings is 1. The van der Waals surface area contributed by atoms with E-state index in [-0.39, 0.29) is 11.5 Å². The van der Waals surface area contributed by atoms with Crippen molar-refractivity contribution in [2.75, 3.05) is 0 Å². The van der Waals surface area contributed by atoms with Crippen molar-refractivity contribution in [3.05, 3.63) is 78.9 Å². The highest BCUT2D eigenvalue weighted by atomic mass is 16.3. The monoisotopic (exact) mass is 353 g/mol. The van der Waals surface area contributed by atoms with E-state index in [1.54, 1.807) is 30.3 Å². The third kappa shape index (κ3) is 2.57. The Morgan fingerprint density at radius 1 is 0.741 bits per heavy atom.